The van der Waals surface area contributed by atoms with E-state index in [0.717, 1.165) is 6.54 Å². The van der Waals surface area contributed by atoms with Gasteiger partial charge in [0.1, 0.15) is 6.33 Å². The summed E-state index contributed by atoms with van der Waals surface area (Å²) in [6.45, 7) is 3.12. The van der Waals surface area contributed by atoms with Crippen molar-refractivity contribution >= 4 is 0 Å². The average molecular weight is 281 g/mol. The first kappa shape index (κ1) is 14.2. The number of aromatic nitrogens is 2. The highest BCUT2D eigenvalue weighted by Crippen LogP contribution is 2.49. The molecule has 1 heterocycles. The highest BCUT2D eigenvalue weighted by molar-refractivity contribution is 5.33. The molecule has 1 aliphatic rings. The standard InChI is InChI=1S/C18H23N3/c1-2-21-17(15-12-19-14-20-13-15)18(10-6-7-11-18)16-8-4-3-5-9-16/h3-5,8-9,12-14,17,21H,2,6-7,10-11H2,1H3. The van der Waals surface area contributed by atoms with Gasteiger partial charge >= 0.3 is 0 Å². The molecular weight excluding hydrogens is 258 g/mol. The molecule has 3 rings (SSSR count). The zero-order valence-electron chi connectivity index (χ0n) is 12.6. The molecule has 3 nitrogen and oxygen atoms in total. The van der Waals surface area contributed by atoms with Crippen molar-refractivity contribution in [1.29, 1.82) is 0 Å². The lowest BCUT2D eigenvalue weighted by atomic mass is 9.70. The van der Waals surface area contributed by atoms with Crippen LogP contribution in [-0.2, 0) is 5.41 Å². The van der Waals surface area contributed by atoms with Crippen LogP contribution in [-0.4, -0.2) is 16.5 Å². The van der Waals surface area contributed by atoms with E-state index < -0.39 is 0 Å². The minimum atomic E-state index is 0.169. The van der Waals surface area contributed by atoms with Gasteiger partial charge in [0.25, 0.3) is 0 Å². The molecule has 1 unspecified atom stereocenters. The Morgan fingerprint density at radius 1 is 1.10 bits per heavy atom. The predicted molar refractivity (Wildman–Crippen MR) is 85.0 cm³/mol. The molecule has 1 N–H and O–H groups in total. The maximum Gasteiger partial charge on any atom is 0.115 e. The number of hydrogen-bond acceptors (Lipinski definition) is 3. The normalized spacial score (nSPS) is 18.5. The number of nitrogens with one attached hydrogen (secondary N) is 1. The Kier molecular flexibility index (Phi) is 4.30. The quantitative estimate of drug-likeness (QED) is 0.909. The van der Waals surface area contributed by atoms with Gasteiger partial charge in [-0.15, -0.1) is 0 Å². The number of nitrogens with zero attached hydrogens (tertiary/aromatic N) is 2. The number of hydrogen-bond donors (Lipinski definition) is 1. The van der Waals surface area contributed by atoms with Gasteiger partial charge in [0, 0.05) is 29.4 Å². The summed E-state index contributed by atoms with van der Waals surface area (Å²) in [5.41, 5.74) is 2.81. The fraction of sp³-hybridized carbons (Fsp3) is 0.444. The second-order valence-corrected chi connectivity index (χ2v) is 5.89. The van der Waals surface area contributed by atoms with E-state index in [2.05, 4.69) is 52.5 Å². The molecule has 0 radical (unpaired) electrons. The third-order valence-corrected chi connectivity index (χ3v) is 4.72. The van der Waals surface area contributed by atoms with Gasteiger partial charge in [-0.1, -0.05) is 50.1 Å². The van der Waals surface area contributed by atoms with Crippen molar-refractivity contribution in [3.8, 4) is 0 Å². The molecular formula is C18H23N3. The van der Waals surface area contributed by atoms with Gasteiger partial charge in [-0.3, -0.25) is 0 Å². The minimum absolute atomic E-state index is 0.169. The molecule has 1 aliphatic carbocycles. The van der Waals surface area contributed by atoms with Crippen LogP contribution in [0.25, 0.3) is 0 Å². The Bertz CT molecular complexity index is 547. The van der Waals surface area contributed by atoms with E-state index in [4.69, 9.17) is 0 Å². The van der Waals surface area contributed by atoms with Crippen LogP contribution in [0.4, 0.5) is 0 Å². The van der Waals surface area contributed by atoms with Gasteiger partial charge in [-0.2, -0.15) is 0 Å². The Morgan fingerprint density at radius 3 is 2.38 bits per heavy atom. The van der Waals surface area contributed by atoms with E-state index in [1.165, 1.54) is 36.8 Å². The summed E-state index contributed by atoms with van der Waals surface area (Å²) in [7, 11) is 0. The highest BCUT2D eigenvalue weighted by atomic mass is 14.9. The second-order valence-electron chi connectivity index (χ2n) is 5.89. The van der Waals surface area contributed by atoms with Crippen LogP contribution in [0.3, 0.4) is 0 Å². The molecule has 2 aromatic rings. The molecule has 0 bridgehead atoms. The third kappa shape index (κ3) is 2.70. The van der Waals surface area contributed by atoms with Crippen molar-refractivity contribution in [3.63, 3.8) is 0 Å². The summed E-state index contributed by atoms with van der Waals surface area (Å²) < 4.78 is 0. The lowest BCUT2D eigenvalue weighted by Crippen LogP contribution is -2.40. The number of rotatable bonds is 5. The van der Waals surface area contributed by atoms with E-state index >= 15 is 0 Å². The molecule has 1 atom stereocenters. The Hall–Kier alpha value is -1.74. The van der Waals surface area contributed by atoms with E-state index in [1.54, 1.807) is 6.33 Å². The maximum absolute atomic E-state index is 4.23. The first-order valence-corrected chi connectivity index (χ1v) is 7.90. The molecule has 1 saturated carbocycles. The van der Waals surface area contributed by atoms with Crippen LogP contribution in [0.5, 0.6) is 0 Å². The van der Waals surface area contributed by atoms with Crippen LogP contribution in [0, 0.1) is 0 Å². The van der Waals surface area contributed by atoms with Crippen LogP contribution in [0.2, 0.25) is 0 Å². The van der Waals surface area contributed by atoms with Gasteiger partial charge in [0.05, 0.1) is 0 Å². The van der Waals surface area contributed by atoms with E-state index in [9.17, 15) is 0 Å². The SMILES string of the molecule is CCNC(c1cncnc1)C1(c2ccccc2)CCCC1. The second kappa shape index (κ2) is 6.35. The van der Waals surface area contributed by atoms with Gasteiger partial charge in [-0.25, -0.2) is 9.97 Å². The molecule has 0 amide bonds. The molecule has 3 heteroatoms. The van der Waals surface area contributed by atoms with Gasteiger partial charge in [0.15, 0.2) is 0 Å². The lowest BCUT2D eigenvalue weighted by Gasteiger charge is -2.39. The molecule has 0 spiro atoms. The zero-order valence-corrected chi connectivity index (χ0v) is 12.6. The van der Waals surface area contributed by atoms with Crippen molar-refractivity contribution in [2.45, 2.75) is 44.1 Å². The fourth-order valence-electron chi connectivity index (χ4n) is 3.82. The predicted octanol–water partition coefficient (Wildman–Crippen LogP) is 3.64. The average Bonchev–Trinajstić information content (AvgIpc) is 3.05. The summed E-state index contributed by atoms with van der Waals surface area (Å²) in [6, 6.07) is 11.2. The molecule has 110 valence electrons. The monoisotopic (exact) mass is 281 g/mol. The summed E-state index contributed by atoms with van der Waals surface area (Å²) in [4.78, 5) is 8.47. The van der Waals surface area contributed by atoms with Crippen LogP contribution >= 0.6 is 0 Å². The largest absolute Gasteiger partial charge is 0.309 e. The van der Waals surface area contributed by atoms with E-state index in [1.807, 2.05) is 12.4 Å². The lowest BCUT2D eigenvalue weighted by molar-refractivity contribution is 0.303. The Balaban J connectivity index is 2.05. The van der Waals surface area contributed by atoms with Crippen molar-refractivity contribution in [2.75, 3.05) is 6.54 Å². The van der Waals surface area contributed by atoms with Crippen LogP contribution in [0.1, 0.15) is 49.8 Å². The topological polar surface area (TPSA) is 37.8 Å². The van der Waals surface area contributed by atoms with Gasteiger partial charge in [0.2, 0.25) is 0 Å². The van der Waals surface area contributed by atoms with E-state index in [0.29, 0.717) is 0 Å². The van der Waals surface area contributed by atoms with Gasteiger partial charge < -0.3 is 5.32 Å². The summed E-state index contributed by atoms with van der Waals surface area (Å²) >= 11 is 0. The van der Waals surface area contributed by atoms with Crippen molar-refractivity contribution in [3.05, 3.63) is 60.2 Å². The van der Waals surface area contributed by atoms with Crippen LogP contribution in [0.15, 0.2) is 49.1 Å². The van der Waals surface area contributed by atoms with Gasteiger partial charge in [-0.05, 0) is 24.9 Å². The molecule has 1 aromatic carbocycles. The summed E-state index contributed by atoms with van der Waals surface area (Å²) in [6.07, 6.45) is 10.6. The molecule has 21 heavy (non-hydrogen) atoms. The minimum Gasteiger partial charge on any atom is -0.309 e. The number of likely N-dealkylation sites (N-methyl/N-ethyl adjacent to an activating group) is 1. The first-order chi connectivity index (χ1) is 10.4. The third-order valence-electron chi connectivity index (χ3n) is 4.72. The highest BCUT2D eigenvalue weighted by Gasteiger charge is 2.43. The first-order valence-electron chi connectivity index (χ1n) is 7.90. The summed E-state index contributed by atoms with van der Waals surface area (Å²) in [5, 5.41) is 3.70. The molecule has 1 fully saturated rings. The molecule has 0 aliphatic heterocycles. The smallest absolute Gasteiger partial charge is 0.115 e. The molecule has 1 aromatic heterocycles. The zero-order chi connectivity index (χ0) is 14.5. The maximum atomic E-state index is 4.23. The fourth-order valence-corrected chi connectivity index (χ4v) is 3.82. The summed E-state index contributed by atoms with van der Waals surface area (Å²) in [5.74, 6) is 0. The van der Waals surface area contributed by atoms with Crippen molar-refractivity contribution < 1.29 is 0 Å². The Labute approximate surface area is 126 Å². The van der Waals surface area contributed by atoms with Crippen LogP contribution < -0.4 is 5.32 Å². The molecule has 0 saturated heterocycles. The number of benzene rings is 1. The Morgan fingerprint density at radius 2 is 1.76 bits per heavy atom. The van der Waals surface area contributed by atoms with E-state index in [-0.39, 0.29) is 11.5 Å². The van der Waals surface area contributed by atoms with Crippen molar-refractivity contribution in [2.24, 2.45) is 0 Å². The van der Waals surface area contributed by atoms with Crippen molar-refractivity contribution in [1.82, 2.24) is 15.3 Å².